The molecule has 0 unspecified atom stereocenters. The van der Waals surface area contributed by atoms with E-state index in [1.807, 2.05) is 13.8 Å². The van der Waals surface area contributed by atoms with Crippen molar-refractivity contribution in [2.24, 2.45) is 5.92 Å². The lowest BCUT2D eigenvalue weighted by Gasteiger charge is -2.12. The van der Waals surface area contributed by atoms with Gasteiger partial charge < -0.3 is 14.8 Å². The van der Waals surface area contributed by atoms with Crippen molar-refractivity contribution in [3.8, 4) is 17.2 Å². The Morgan fingerprint density at radius 3 is 2.47 bits per heavy atom. The summed E-state index contributed by atoms with van der Waals surface area (Å²) in [6.07, 6.45) is 0. The highest BCUT2D eigenvalue weighted by atomic mass is 35.5. The molecule has 0 aromatic heterocycles. The Morgan fingerprint density at radius 1 is 1.03 bits per heavy atom. The summed E-state index contributed by atoms with van der Waals surface area (Å²) < 4.78 is 39.5. The zero-order valence-corrected chi connectivity index (χ0v) is 19.0. The summed E-state index contributed by atoms with van der Waals surface area (Å²) >= 11 is 5.99. The van der Waals surface area contributed by atoms with E-state index in [1.54, 1.807) is 36.4 Å². The monoisotopic (exact) mass is 472 g/mol. The van der Waals surface area contributed by atoms with Gasteiger partial charge in [-0.3, -0.25) is 9.52 Å². The second-order valence-electron chi connectivity index (χ2n) is 7.69. The molecule has 4 rings (SSSR count). The van der Waals surface area contributed by atoms with Crippen LogP contribution in [-0.2, 0) is 10.0 Å². The predicted octanol–water partition coefficient (Wildman–Crippen LogP) is 5.53. The SMILES string of the molecule is CC(C)COc1ccc(S(=O)(=O)Nc2ccc3c(c2)C(=O)Nc2cc(Cl)ccc2O3)cc1. The summed E-state index contributed by atoms with van der Waals surface area (Å²) in [6, 6.07) is 15.5. The molecule has 0 saturated heterocycles. The van der Waals surface area contributed by atoms with Gasteiger partial charge in [0.25, 0.3) is 15.9 Å². The Kier molecular flexibility index (Phi) is 5.99. The minimum absolute atomic E-state index is 0.0760. The van der Waals surface area contributed by atoms with Gasteiger partial charge in [-0.2, -0.15) is 0 Å². The fourth-order valence-electron chi connectivity index (χ4n) is 3.05. The number of sulfonamides is 1. The molecule has 0 aliphatic carbocycles. The lowest BCUT2D eigenvalue weighted by molar-refractivity contribution is 0.102. The molecule has 0 radical (unpaired) electrons. The van der Waals surface area contributed by atoms with Gasteiger partial charge in [0.15, 0.2) is 5.75 Å². The Hall–Kier alpha value is -3.23. The molecule has 1 heterocycles. The lowest BCUT2D eigenvalue weighted by Crippen LogP contribution is -2.15. The van der Waals surface area contributed by atoms with Crippen LogP contribution in [-0.4, -0.2) is 20.9 Å². The van der Waals surface area contributed by atoms with Gasteiger partial charge >= 0.3 is 0 Å². The fourth-order valence-corrected chi connectivity index (χ4v) is 4.27. The molecular formula is C23H21ClN2O5S. The van der Waals surface area contributed by atoms with Crippen LogP contribution in [0.3, 0.4) is 0 Å². The number of carbonyl (C=O) groups is 1. The number of amides is 1. The molecule has 0 spiro atoms. The molecule has 32 heavy (non-hydrogen) atoms. The number of benzene rings is 3. The molecular weight excluding hydrogens is 452 g/mol. The Bertz CT molecular complexity index is 1270. The van der Waals surface area contributed by atoms with E-state index in [2.05, 4.69) is 10.0 Å². The van der Waals surface area contributed by atoms with Crippen LogP contribution in [0.25, 0.3) is 0 Å². The molecule has 166 valence electrons. The van der Waals surface area contributed by atoms with Crippen LogP contribution in [0.2, 0.25) is 5.02 Å². The van der Waals surface area contributed by atoms with Gasteiger partial charge in [-0.15, -0.1) is 0 Å². The first kappa shape index (κ1) is 22.0. The van der Waals surface area contributed by atoms with E-state index in [0.717, 1.165) is 0 Å². The number of anilines is 2. The lowest BCUT2D eigenvalue weighted by atomic mass is 10.1. The third-order valence-electron chi connectivity index (χ3n) is 4.60. The van der Waals surface area contributed by atoms with Crippen molar-refractivity contribution in [1.29, 1.82) is 0 Å². The topological polar surface area (TPSA) is 93.7 Å². The minimum Gasteiger partial charge on any atom is -0.493 e. The van der Waals surface area contributed by atoms with Crippen LogP contribution in [0.5, 0.6) is 17.2 Å². The first-order chi connectivity index (χ1) is 15.2. The van der Waals surface area contributed by atoms with Crippen LogP contribution < -0.4 is 19.5 Å². The maximum absolute atomic E-state index is 12.8. The first-order valence-electron chi connectivity index (χ1n) is 9.90. The average Bonchev–Trinajstić information content (AvgIpc) is 2.88. The molecule has 1 aliphatic rings. The van der Waals surface area contributed by atoms with Crippen LogP contribution in [0.4, 0.5) is 11.4 Å². The quantitative estimate of drug-likeness (QED) is 0.491. The minimum atomic E-state index is -3.87. The second-order valence-corrected chi connectivity index (χ2v) is 9.81. The normalized spacial score (nSPS) is 12.8. The number of rotatable bonds is 6. The Labute approximate surface area is 191 Å². The summed E-state index contributed by atoms with van der Waals surface area (Å²) in [5, 5.41) is 3.18. The molecule has 0 fully saturated rings. The highest BCUT2D eigenvalue weighted by Gasteiger charge is 2.23. The van der Waals surface area contributed by atoms with Crippen molar-refractivity contribution in [3.63, 3.8) is 0 Å². The van der Waals surface area contributed by atoms with Gasteiger partial charge in [-0.05, 0) is 66.6 Å². The molecule has 2 N–H and O–H groups in total. The molecule has 3 aromatic rings. The maximum Gasteiger partial charge on any atom is 0.261 e. The average molecular weight is 473 g/mol. The number of ether oxygens (including phenoxy) is 2. The van der Waals surface area contributed by atoms with Crippen LogP contribution in [0.15, 0.2) is 65.6 Å². The molecule has 9 heteroatoms. The van der Waals surface area contributed by atoms with Crippen molar-refractivity contribution in [1.82, 2.24) is 0 Å². The van der Waals surface area contributed by atoms with Gasteiger partial charge in [0.05, 0.1) is 22.8 Å². The second kappa shape index (κ2) is 8.72. The van der Waals surface area contributed by atoms with Crippen molar-refractivity contribution in [3.05, 3.63) is 71.2 Å². The van der Waals surface area contributed by atoms with E-state index in [0.29, 0.717) is 40.5 Å². The highest BCUT2D eigenvalue weighted by molar-refractivity contribution is 7.92. The summed E-state index contributed by atoms with van der Waals surface area (Å²) in [4.78, 5) is 12.8. The molecule has 7 nitrogen and oxygen atoms in total. The summed E-state index contributed by atoms with van der Waals surface area (Å²) in [5.41, 5.74) is 0.849. The van der Waals surface area contributed by atoms with Gasteiger partial charge in [-0.1, -0.05) is 25.4 Å². The van der Waals surface area contributed by atoms with E-state index in [4.69, 9.17) is 21.1 Å². The van der Waals surface area contributed by atoms with Crippen molar-refractivity contribution in [2.75, 3.05) is 16.6 Å². The summed E-state index contributed by atoms with van der Waals surface area (Å²) in [7, 11) is -3.87. The fraction of sp³-hybridized carbons (Fsp3) is 0.174. The molecule has 0 saturated carbocycles. The highest BCUT2D eigenvalue weighted by Crippen LogP contribution is 2.38. The summed E-state index contributed by atoms with van der Waals surface area (Å²) in [5.74, 6) is 1.26. The smallest absolute Gasteiger partial charge is 0.261 e. The zero-order valence-electron chi connectivity index (χ0n) is 17.4. The van der Waals surface area contributed by atoms with E-state index >= 15 is 0 Å². The van der Waals surface area contributed by atoms with E-state index in [-0.39, 0.29) is 16.1 Å². The summed E-state index contributed by atoms with van der Waals surface area (Å²) in [6.45, 7) is 4.60. The van der Waals surface area contributed by atoms with Crippen LogP contribution >= 0.6 is 11.6 Å². The molecule has 1 amide bonds. The Balaban J connectivity index is 1.55. The third kappa shape index (κ3) is 4.81. The van der Waals surface area contributed by atoms with Crippen LogP contribution in [0, 0.1) is 5.92 Å². The number of hydrogen-bond acceptors (Lipinski definition) is 5. The van der Waals surface area contributed by atoms with Gasteiger partial charge in [0.1, 0.15) is 11.5 Å². The van der Waals surface area contributed by atoms with Crippen molar-refractivity contribution in [2.45, 2.75) is 18.7 Å². The zero-order chi connectivity index (χ0) is 22.9. The molecule has 0 atom stereocenters. The number of halogens is 1. The molecule has 0 bridgehead atoms. The van der Waals surface area contributed by atoms with Crippen LogP contribution in [0.1, 0.15) is 24.2 Å². The van der Waals surface area contributed by atoms with Crippen molar-refractivity contribution < 1.29 is 22.7 Å². The van der Waals surface area contributed by atoms with E-state index < -0.39 is 15.9 Å². The van der Waals surface area contributed by atoms with Gasteiger partial charge in [0, 0.05) is 10.7 Å². The number of fused-ring (bicyclic) bond motifs is 2. The number of nitrogens with one attached hydrogen (secondary N) is 2. The molecule has 3 aromatic carbocycles. The standard InChI is InChI=1S/C23H21ClN2O5S/c1-14(2)13-30-17-5-7-18(8-6-17)32(28,29)26-16-4-10-21-19(12-16)23(27)25-20-11-15(24)3-9-22(20)31-21/h3-12,14,26H,13H2,1-2H3,(H,25,27). The van der Waals surface area contributed by atoms with Crippen molar-refractivity contribution >= 4 is 38.9 Å². The Morgan fingerprint density at radius 2 is 1.75 bits per heavy atom. The first-order valence-corrected chi connectivity index (χ1v) is 11.8. The van der Waals surface area contributed by atoms with E-state index in [1.165, 1.54) is 24.3 Å². The number of carbonyl (C=O) groups excluding carboxylic acids is 1. The molecule has 1 aliphatic heterocycles. The number of hydrogen-bond donors (Lipinski definition) is 2. The maximum atomic E-state index is 12.8. The predicted molar refractivity (Wildman–Crippen MR) is 124 cm³/mol. The van der Waals surface area contributed by atoms with Gasteiger partial charge in [-0.25, -0.2) is 8.42 Å². The van der Waals surface area contributed by atoms with Gasteiger partial charge in [0.2, 0.25) is 0 Å². The third-order valence-corrected chi connectivity index (χ3v) is 6.24. The largest absolute Gasteiger partial charge is 0.493 e. The van der Waals surface area contributed by atoms with E-state index in [9.17, 15) is 13.2 Å².